The molecular formula is C11H15FO. The Morgan fingerprint density at radius 3 is 2.31 bits per heavy atom. The van der Waals surface area contributed by atoms with Crippen LogP contribution in [0, 0.1) is 5.82 Å². The van der Waals surface area contributed by atoms with Gasteiger partial charge in [-0.15, -0.1) is 0 Å². The van der Waals surface area contributed by atoms with E-state index in [9.17, 15) is 4.39 Å². The molecule has 0 heterocycles. The minimum atomic E-state index is -0.198. The molecule has 1 rings (SSSR count). The van der Waals surface area contributed by atoms with Crippen molar-refractivity contribution in [2.45, 2.75) is 33.0 Å². The predicted molar refractivity (Wildman–Crippen MR) is 51.0 cm³/mol. The lowest BCUT2D eigenvalue weighted by Crippen LogP contribution is -2.08. The van der Waals surface area contributed by atoms with E-state index in [0.717, 1.165) is 0 Å². The summed E-state index contributed by atoms with van der Waals surface area (Å²) < 4.78 is 18.7. The SMILES string of the molecule is CC(C)OC(C)c1ccccc1F. The second kappa shape index (κ2) is 4.38. The van der Waals surface area contributed by atoms with Gasteiger partial charge in [-0.3, -0.25) is 0 Å². The Balaban J connectivity index is 2.76. The van der Waals surface area contributed by atoms with E-state index in [-0.39, 0.29) is 18.0 Å². The zero-order valence-electron chi connectivity index (χ0n) is 8.25. The van der Waals surface area contributed by atoms with Crippen molar-refractivity contribution in [3.8, 4) is 0 Å². The van der Waals surface area contributed by atoms with Crippen molar-refractivity contribution in [2.24, 2.45) is 0 Å². The van der Waals surface area contributed by atoms with Crippen LogP contribution in [-0.2, 0) is 4.74 Å². The van der Waals surface area contributed by atoms with Gasteiger partial charge in [-0.2, -0.15) is 0 Å². The van der Waals surface area contributed by atoms with E-state index in [2.05, 4.69) is 0 Å². The highest BCUT2D eigenvalue weighted by Crippen LogP contribution is 2.20. The van der Waals surface area contributed by atoms with Gasteiger partial charge in [-0.25, -0.2) is 4.39 Å². The molecule has 0 radical (unpaired) electrons. The van der Waals surface area contributed by atoms with Gasteiger partial charge in [0.25, 0.3) is 0 Å². The molecule has 1 nitrogen and oxygen atoms in total. The Hall–Kier alpha value is -0.890. The number of ether oxygens (including phenoxy) is 1. The smallest absolute Gasteiger partial charge is 0.128 e. The molecule has 13 heavy (non-hydrogen) atoms. The fourth-order valence-electron chi connectivity index (χ4n) is 1.29. The maximum atomic E-state index is 13.2. The molecular weight excluding hydrogens is 167 g/mol. The highest BCUT2D eigenvalue weighted by Gasteiger charge is 2.11. The Labute approximate surface area is 78.5 Å². The molecule has 0 aliphatic carbocycles. The van der Waals surface area contributed by atoms with Gasteiger partial charge in [0.1, 0.15) is 5.82 Å². The molecule has 0 N–H and O–H groups in total. The van der Waals surface area contributed by atoms with Crippen molar-refractivity contribution in [1.29, 1.82) is 0 Å². The molecule has 1 aromatic rings. The van der Waals surface area contributed by atoms with Crippen molar-refractivity contribution in [3.05, 3.63) is 35.6 Å². The van der Waals surface area contributed by atoms with Crippen LogP contribution in [0.5, 0.6) is 0 Å². The summed E-state index contributed by atoms with van der Waals surface area (Å²) >= 11 is 0. The van der Waals surface area contributed by atoms with Crippen LogP contribution in [0.4, 0.5) is 4.39 Å². The summed E-state index contributed by atoms with van der Waals surface area (Å²) in [5.74, 6) is -0.198. The number of rotatable bonds is 3. The van der Waals surface area contributed by atoms with E-state index in [1.54, 1.807) is 12.1 Å². The summed E-state index contributed by atoms with van der Waals surface area (Å²) in [7, 11) is 0. The second-order valence-electron chi connectivity index (χ2n) is 3.35. The summed E-state index contributed by atoms with van der Waals surface area (Å²) in [5, 5.41) is 0. The topological polar surface area (TPSA) is 9.23 Å². The van der Waals surface area contributed by atoms with Crippen LogP contribution < -0.4 is 0 Å². The van der Waals surface area contributed by atoms with Crippen LogP contribution in [0.1, 0.15) is 32.4 Å². The molecule has 0 aromatic heterocycles. The molecule has 0 aliphatic rings. The Bertz CT molecular complexity index is 271. The zero-order chi connectivity index (χ0) is 9.84. The van der Waals surface area contributed by atoms with Crippen LogP contribution in [0.15, 0.2) is 24.3 Å². The Morgan fingerprint density at radius 1 is 1.15 bits per heavy atom. The van der Waals surface area contributed by atoms with E-state index in [1.165, 1.54) is 6.07 Å². The third-order valence-electron chi connectivity index (χ3n) is 1.82. The van der Waals surface area contributed by atoms with Crippen molar-refractivity contribution >= 4 is 0 Å². The minimum absolute atomic E-state index is 0.120. The summed E-state index contributed by atoms with van der Waals surface area (Å²) in [5.41, 5.74) is 0.621. The van der Waals surface area contributed by atoms with Gasteiger partial charge in [0.05, 0.1) is 12.2 Å². The lowest BCUT2D eigenvalue weighted by atomic mass is 10.1. The van der Waals surface area contributed by atoms with E-state index in [4.69, 9.17) is 4.74 Å². The van der Waals surface area contributed by atoms with Gasteiger partial charge in [0, 0.05) is 5.56 Å². The molecule has 1 atom stereocenters. The molecule has 1 aromatic carbocycles. The second-order valence-corrected chi connectivity index (χ2v) is 3.35. The molecule has 0 spiro atoms. The van der Waals surface area contributed by atoms with Gasteiger partial charge in [-0.05, 0) is 26.8 Å². The Morgan fingerprint density at radius 2 is 1.77 bits per heavy atom. The predicted octanol–water partition coefficient (Wildman–Crippen LogP) is 3.31. The fraction of sp³-hybridized carbons (Fsp3) is 0.455. The lowest BCUT2D eigenvalue weighted by molar-refractivity contribution is 0.0160. The maximum Gasteiger partial charge on any atom is 0.128 e. The standard InChI is InChI=1S/C11H15FO/c1-8(2)13-9(3)10-6-4-5-7-11(10)12/h4-9H,1-3H3. The van der Waals surface area contributed by atoms with Crippen molar-refractivity contribution < 1.29 is 9.13 Å². The first-order valence-corrected chi connectivity index (χ1v) is 4.51. The van der Waals surface area contributed by atoms with E-state index in [1.807, 2.05) is 26.8 Å². The Kier molecular flexibility index (Phi) is 3.43. The first-order valence-electron chi connectivity index (χ1n) is 4.51. The first-order chi connectivity index (χ1) is 6.11. The fourth-order valence-corrected chi connectivity index (χ4v) is 1.29. The normalized spacial score (nSPS) is 13.3. The first kappa shape index (κ1) is 10.2. The highest BCUT2D eigenvalue weighted by molar-refractivity contribution is 5.19. The van der Waals surface area contributed by atoms with Gasteiger partial charge in [0.2, 0.25) is 0 Å². The molecule has 0 saturated heterocycles. The monoisotopic (exact) mass is 182 g/mol. The van der Waals surface area contributed by atoms with Gasteiger partial charge < -0.3 is 4.74 Å². The van der Waals surface area contributed by atoms with Gasteiger partial charge in [-0.1, -0.05) is 18.2 Å². The largest absolute Gasteiger partial charge is 0.371 e. The summed E-state index contributed by atoms with van der Waals surface area (Å²) in [4.78, 5) is 0. The third kappa shape index (κ3) is 2.81. The molecule has 1 unspecified atom stereocenters. The summed E-state index contributed by atoms with van der Waals surface area (Å²) in [6, 6.07) is 6.71. The van der Waals surface area contributed by atoms with Crippen molar-refractivity contribution in [1.82, 2.24) is 0 Å². The third-order valence-corrected chi connectivity index (χ3v) is 1.82. The van der Waals surface area contributed by atoms with Crippen LogP contribution in [0.2, 0.25) is 0 Å². The zero-order valence-corrected chi connectivity index (χ0v) is 8.25. The average Bonchev–Trinajstić information content (AvgIpc) is 2.03. The van der Waals surface area contributed by atoms with E-state index < -0.39 is 0 Å². The number of halogens is 1. The van der Waals surface area contributed by atoms with Crippen LogP contribution >= 0.6 is 0 Å². The highest BCUT2D eigenvalue weighted by atomic mass is 19.1. The number of hydrogen-bond donors (Lipinski definition) is 0. The van der Waals surface area contributed by atoms with Crippen LogP contribution in [0.25, 0.3) is 0 Å². The quantitative estimate of drug-likeness (QED) is 0.696. The summed E-state index contributed by atoms with van der Waals surface area (Å²) in [6.07, 6.45) is -0.0594. The van der Waals surface area contributed by atoms with Crippen molar-refractivity contribution in [2.75, 3.05) is 0 Å². The molecule has 0 fully saturated rings. The maximum absolute atomic E-state index is 13.2. The van der Waals surface area contributed by atoms with Crippen LogP contribution in [-0.4, -0.2) is 6.10 Å². The molecule has 72 valence electrons. The molecule has 0 saturated carbocycles. The number of benzene rings is 1. The van der Waals surface area contributed by atoms with E-state index >= 15 is 0 Å². The van der Waals surface area contributed by atoms with Gasteiger partial charge >= 0.3 is 0 Å². The number of hydrogen-bond acceptors (Lipinski definition) is 1. The van der Waals surface area contributed by atoms with Crippen LogP contribution in [0.3, 0.4) is 0 Å². The molecule has 0 aliphatic heterocycles. The van der Waals surface area contributed by atoms with Gasteiger partial charge in [0.15, 0.2) is 0 Å². The van der Waals surface area contributed by atoms with Crippen molar-refractivity contribution in [3.63, 3.8) is 0 Å². The average molecular weight is 182 g/mol. The van der Waals surface area contributed by atoms with E-state index in [0.29, 0.717) is 5.56 Å². The molecule has 2 heteroatoms. The minimum Gasteiger partial charge on any atom is -0.371 e. The molecule has 0 amide bonds. The summed E-state index contributed by atoms with van der Waals surface area (Å²) in [6.45, 7) is 5.74. The lowest BCUT2D eigenvalue weighted by Gasteiger charge is -2.16. The molecule has 0 bridgehead atoms.